The van der Waals surface area contributed by atoms with Crippen LogP contribution >= 0.6 is 0 Å². The summed E-state index contributed by atoms with van der Waals surface area (Å²) >= 11 is 0. The van der Waals surface area contributed by atoms with Gasteiger partial charge in [0.05, 0.1) is 0 Å². The molecule has 0 amide bonds. The van der Waals surface area contributed by atoms with E-state index in [0.717, 1.165) is 11.3 Å². The third-order valence-corrected chi connectivity index (χ3v) is 2.45. The van der Waals surface area contributed by atoms with E-state index in [-0.39, 0.29) is 5.92 Å². The van der Waals surface area contributed by atoms with Gasteiger partial charge in [-0.05, 0) is 18.6 Å². The molecule has 2 aromatic heterocycles. The average molecular weight is 218 g/mol. The van der Waals surface area contributed by atoms with Crippen LogP contribution in [0.5, 0.6) is 0 Å². The van der Waals surface area contributed by atoms with Gasteiger partial charge in [-0.25, -0.2) is 0 Å². The first kappa shape index (κ1) is 10.8. The predicted octanol–water partition coefficient (Wildman–Crippen LogP) is 1.50. The minimum Gasteiger partial charge on any atom is -0.332 e. The zero-order valence-corrected chi connectivity index (χ0v) is 9.34. The van der Waals surface area contributed by atoms with E-state index in [4.69, 9.17) is 10.3 Å². The molecule has 5 nitrogen and oxygen atoms in total. The molecule has 0 fully saturated rings. The molecule has 0 saturated carbocycles. The molecule has 0 saturated heterocycles. The van der Waals surface area contributed by atoms with E-state index in [1.165, 1.54) is 0 Å². The first-order chi connectivity index (χ1) is 7.72. The van der Waals surface area contributed by atoms with Gasteiger partial charge in [0.1, 0.15) is 5.69 Å². The van der Waals surface area contributed by atoms with E-state index in [9.17, 15) is 0 Å². The third-order valence-electron chi connectivity index (χ3n) is 2.45. The lowest BCUT2D eigenvalue weighted by Gasteiger charge is -1.99. The van der Waals surface area contributed by atoms with Gasteiger partial charge in [-0.3, -0.25) is 4.98 Å². The Labute approximate surface area is 93.7 Å². The standard InChI is InChI=1S/C11H14N4O/c1-7-4-3-5-13-9(7)11-14-10(15-16-11)8(2)6-12/h3-5,8H,6,12H2,1-2H3. The molecule has 0 aliphatic carbocycles. The Morgan fingerprint density at radius 1 is 1.50 bits per heavy atom. The molecule has 5 heteroatoms. The third kappa shape index (κ3) is 1.94. The Kier molecular flexibility index (Phi) is 2.96. The van der Waals surface area contributed by atoms with Crippen molar-refractivity contribution in [3.8, 4) is 11.6 Å². The van der Waals surface area contributed by atoms with E-state index in [0.29, 0.717) is 18.3 Å². The van der Waals surface area contributed by atoms with E-state index in [2.05, 4.69) is 15.1 Å². The van der Waals surface area contributed by atoms with Crippen LogP contribution < -0.4 is 5.73 Å². The lowest BCUT2D eigenvalue weighted by molar-refractivity contribution is 0.416. The van der Waals surface area contributed by atoms with Crippen LogP contribution in [0.1, 0.15) is 24.2 Å². The van der Waals surface area contributed by atoms with Crippen molar-refractivity contribution in [1.29, 1.82) is 0 Å². The molecule has 0 aliphatic rings. The van der Waals surface area contributed by atoms with Gasteiger partial charge >= 0.3 is 0 Å². The second-order valence-electron chi connectivity index (χ2n) is 3.76. The van der Waals surface area contributed by atoms with Crippen molar-refractivity contribution < 1.29 is 4.52 Å². The Balaban J connectivity index is 2.35. The molecule has 2 aromatic rings. The summed E-state index contributed by atoms with van der Waals surface area (Å²) in [7, 11) is 0. The van der Waals surface area contributed by atoms with Gasteiger partial charge in [-0.15, -0.1) is 0 Å². The van der Waals surface area contributed by atoms with Crippen molar-refractivity contribution >= 4 is 0 Å². The van der Waals surface area contributed by atoms with Crippen molar-refractivity contribution in [2.45, 2.75) is 19.8 Å². The van der Waals surface area contributed by atoms with Crippen LogP contribution in [0.4, 0.5) is 0 Å². The van der Waals surface area contributed by atoms with Crippen molar-refractivity contribution in [1.82, 2.24) is 15.1 Å². The molecule has 2 heterocycles. The maximum Gasteiger partial charge on any atom is 0.276 e. The average Bonchev–Trinajstić information content (AvgIpc) is 2.78. The smallest absolute Gasteiger partial charge is 0.276 e. The van der Waals surface area contributed by atoms with Crippen molar-refractivity contribution in [2.75, 3.05) is 6.54 Å². The minimum absolute atomic E-state index is 0.0986. The maximum absolute atomic E-state index is 5.54. The van der Waals surface area contributed by atoms with Crippen LogP contribution in [-0.4, -0.2) is 21.7 Å². The van der Waals surface area contributed by atoms with Gasteiger partial charge in [-0.1, -0.05) is 18.1 Å². The van der Waals surface area contributed by atoms with Crippen LogP contribution in [0.3, 0.4) is 0 Å². The summed E-state index contributed by atoms with van der Waals surface area (Å²) in [6.07, 6.45) is 1.71. The molecule has 0 bridgehead atoms. The molecular weight excluding hydrogens is 204 g/mol. The van der Waals surface area contributed by atoms with Crippen LogP contribution in [0, 0.1) is 6.92 Å². The second-order valence-corrected chi connectivity index (χ2v) is 3.76. The minimum atomic E-state index is 0.0986. The fraction of sp³-hybridized carbons (Fsp3) is 0.364. The molecule has 0 aromatic carbocycles. The Morgan fingerprint density at radius 3 is 3.00 bits per heavy atom. The fourth-order valence-corrected chi connectivity index (χ4v) is 1.35. The second kappa shape index (κ2) is 4.40. The Morgan fingerprint density at radius 2 is 2.31 bits per heavy atom. The monoisotopic (exact) mass is 218 g/mol. The fourth-order valence-electron chi connectivity index (χ4n) is 1.35. The van der Waals surface area contributed by atoms with Crippen LogP contribution in [0.15, 0.2) is 22.9 Å². The molecule has 1 atom stereocenters. The molecule has 0 spiro atoms. The SMILES string of the molecule is Cc1cccnc1-c1nc(C(C)CN)no1. The highest BCUT2D eigenvalue weighted by Gasteiger charge is 2.15. The Hall–Kier alpha value is -1.75. The largest absolute Gasteiger partial charge is 0.332 e. The molecular formula is C11H14N4O. The summed E-state index contributed by atoms with van der Waals surface area (Å²) in [5.41, 5.74) is 7.28. The van der Waals surface area contributed by atoms with Gasteiger partial charge < -0.3 is 10.3 Å². The quantitative estimate of drug-likeness (QED) is 0.844. The van der Waals surface area contributed by atoms with Crippen molar-refractivity contribution in [3.05, 3.63) is 29.7 Å². The first-order valence-corrected chi connectivity index (χ1v) is 5.18. The lowest BCUT2D eigenvalue weighted by atomic mass is 10.2. The molecule has 2 N–H and O–H groups in total. The van der Waals surface area contributed by atoms with Gasteiger partial charge in [0, 0.05) is 18.7 Å². The van der Waals surface area contributed by atoms with Crippen LogP contribution in [0.2, 0.25) is 0 Å². The molecule has 0 aliphatic heterocycles. The van der Waals surface area contributed by atoms with E-state index >= 15 is 0 Å². The van der Waals surface area contributed by atoms with Crippen molar-refractivity contribution in [3.63, 3.8) is 0 Å². The number of aryl methyl sites for hydroxylation is 1. The number of hydrogen-bond donors (Lipinski definition) is 1. The summed E-state index contributed by atoms with van der Waals surface area (Å²) in [6.45, 7) is 4.42. The van der Waals surface area contributed by atoms with E-state index in [1.807, 2.05) is 26.0 Å². The zero-order valence-electron chi connectivity index (χ0n) is 9.34. The number of aromatic nitrogens is 3. The van der Waals surface area contributed by atoms with Gasteiger partial charge in [0.25, 0.3) is 5.89 Å². The highest BCUT2D eigenvalue weighted by atomic mass is 16.5. The lowest BCUT2D eigenvalue weighted by Crippen LogP contribution is -2.10. The molecule has 16 heavy (non-hydrogen) atoms. The summed E-state index contributed by atoms with van der Waals surface area (Å²) < 4.78 is 5.18. The van der Waals surface area contributed by atoms with Gasteiger partial charge in [-0.2, -0.15) is 4.98 Å². The molecule has 84 valence electrons. The van der Waals surface area contributed by atoms with Gasteiger partial charge in [0.15, 0.2) is 5.82 Å². The molecule has 0 radical (unpaired) electrons. The topological polar surface area (TPSA) is 77.8 Å². The Bertz CT molecular complexity index is 480. The predicted molar refractivity (Wildman–Crippen MR) is 59.7 cm³/mol. The normalized spacial score (nSPS) is 12.7. The number of pyridine rings is 1. The first-order valence-electron chi connectivity index (χ1n) is 5.18. The maximum atomic E-state index is 5.54. The summed E-state index contributed by atoms with van der Waals surface area (Å²) in [4.78, 5) is 8.51. The zero-order chi connectivity index (χ0) is 11.5. The number of nitrogens with zero attached hydrogens (tertiary/aromatic N) is 3. The summed E-state index contributed by atoms with van der Waals surface area (Å²) in [5.74, 6) is 1.18. The van der Waals surface area contributed by atoms with Crippen LogP contribution in [-0.2, 0) is 0 Å². The van der Waals surface area contributed by atoms with Gasteiger partial charge in [0.2, 0.25) is 0 Å². The number of nitrogens with two attached hydrogens (primary N) is 1. The molecule has 1 unspecified atom stereocenters. The van der Waals surface area contributed by atoms with Crippen LogP contribution in [0.25, 0.3) is 11.6 Å². The number of rotatable bonds is 3. The van der Waals surface area contributed by atoms with Crippen molar-refractivity contribution in [2.24, 2.45) is 5.73 Å². The molecule has 2 rings (SSSR count). The van der Waals surface area contributed by atoms with E-state index in [1.54, 1.807) is 6.20 Å². The highest BCUT2D eigenvalue weighted by Crippen LogP contribution is 2.20. The highest BCUT2D eigenvalue weighted by molar-refractivity contribution is 5.51. The van der Waals surface area contributed by atoms with E-state index < -0.39 is 0 Å². The number of hydrogen-bond acceptors (Lipinski definition) is 5. The summed E-state index contributed by atoms with van der Waals surface area (Å²) in [6, 6.07) is 3.83. The summed E-state index contributed by atoms with van der Waals surface area (Å²) in [5, 5.41) is 3.90.